The van der Waals surface area contributed by atoms with Gasteiger partial charge in [-0.2, -0.15) is 0 Å². The smallest absolute Gasteiger partial charge is 0.253 e. The van der Waals surface area contributed by atoms with Crippen LogP contribution in [0.15, 0.2) is 58.5 Å². The van der Waals surface area contributed by atoms with Gasteiger partial charge in [0.2, 0.25) is 0 Å². The van der Waals surface area contributed by atoms with Crippen molar-refractivity contribution < 1.29 is 13.9 Å². The summed E-state index contributed by atoms with van der Waals surface area (Å²) >= 11 is 1.58. The first kappa shape index (κ1) is 21.9. The van der Waals surface area contributed by atoms with E-state index in [1.54, 1.807) is 24.7 Å². The highest BCUT2D eigenvalue weighted by molar-refractivity contribution is 7.13. The molecule has 3 aromatic heterocycles. The zero-order chi connectivity index (χ0) is 22.7. The summed E-state index contributed by atoms with van der Waals surface area (Å²) < 4.78 is 12.9. The molecule has 1 aromatic carbocycles. The number of hydrogen-bond acceptors (Lipinski definition) is 5. The van der Waals surface area contributed by atoms with E-state index in [-0.39, 0.29) is 5.91 Å². The van der Waals surface area contributed by atoms with E-state index in [9.17, 15) is 4.79 Å². The number of rotatable bonds is 8. The van der Waals surface area contributed by atoms with Crippen LogP contribution in [0.4, 0.5) is 0 Å². The van der Waals surface area contributed by atoms with E-state index in [1.807, 2.05) is 54.8 Å². The highest BCUT2D eigenvalue weighted by Gasteiger charge is 2.21. The number of carbonyl (C=O) groups excluding carboxylic acids is 1. The van der Waals surface area contributed by atoms with Crippen LogP contribution in [0.25, 0.3) is 22.0 Å². The molecule has 4 rings (SSSR count). The fourth-order valence-electron chi connectivity index (χ4n) is 3.50. The lowest BCUT2D eigenvalue weighted by atomic mass is 10.2. The van der Waals surface area contributed by atoms with Crippen LogP contribution in [0.5, 0.6) is 5.75 Å². The Labute approximate surface area is 191 Å². The number of thiazole rings is 1. The van der Waals surface area contributed by atoms with Gasteiger partial charge < -0.3 is 19.0 Å². The Kier molecular flexibility index (Phi) is 6.46. The number of nitrogens with zero attached hydrogens (tertiary/aromatic N) is 2. The van der Waals surface area contributed by atoms with Crippen LogP contribution in [-0.2, 0) is 6.54 Å². The van der Waals surface area contributed by atoms with Gasteiger partial charge in [0, 0.05) is 23.2 Å². The summed E-state index contributed by atoms with van der Waals surface area (Å²) in [7, 11) is 1.65. The van der Waals surface area contributed by atoms with E-state index in [0.29, 0.717) is 24.6 Å². The molecule has 0 radical (unpaired) electrons. The maximum absolute atomic E-state index is 12.9. The quantitative estimate of drug-likeness (QED) is 0.379. The number of hydrogen-bond donors (Lipinski definition) is 1. The highest BCUT2D eigenvalue weighted by Crippen LogP contribution is 2.32. The highest BCUT2D eigenvalue weighted by atomic mass is 32.1. The first-order chi connectivity index (χ1) is 15.5. The Bertz CT molecular complexity index is 1190. The number of methoxy groups -OCH3 is 1. The zero-order valence-electron chi connectivity index (χ0n) is 18.7. The van der Waals surface area contributed by atoms with Crippen LogP contribution < -0.4 is 10.1 Å². The van der Waals surface area contributed by atoms with E-state index in [0.717, 1.165) is 39.2 Å². The van der Waals surface area contributed by atoms with Crippen molar-refractivity contribution in [1.82, 2.24) is 14.9 Å². The molecule has 4 aromatic rings. The van der Waals surface area contributed by atoms with Gasteiger partial charge in [0.05, 0.1) is 36.9 Å². The van der Waals surface area contributed by atoms with E-state index in [2.05, 4.69) is 23.7 Å². The van der Waals surface area contributed by atoms with E-state index < -0.39 is 0 Å². The minimum Gasteiger partial charge on any atom is -0.497 e. The summed E-state index contributed by atoms with van der Waals surface area (Å²) in [5.74, 6) is 1.95. The molecule has 0 atom stereocenters. The third-order valence-corrected chi connectivity index (χ3v) is 6.17. The van der Waals surface area contributed by atoms with E-state index in [1.165, 1.54) is 0 Å². The molecule has 0 spiro atoms. The lowest BCUT2D eigenvalue weighted by Gasteiger charge is -2.10. The zero-order valence-corrected chi connectivity index (χ0v) is 19.5. The van der Waals surface area contributed by atoms with Crippen LogP contribution in [0.2, 0.25) is 0 Å². The van der Waals surface area contributed by atoms with E-state index in [4.69, 9.17) is 14.1 Å². The average Bonchev–Trinajstić information content (AvgIpc) is 3.54. The number of carbonyl (C=O) groups is 1. The Balaban J connectivity index is 1.71. The molecule has 0 aliphatic carbocycles. The predicted octanol–water partition coefficient (Wildman–Crippen LogP) is 5.62. The number of nitrogens with one attached hydrogen (secondary N) is 1. The second-order valence-electron chi connectivity index (χ2n) is 8.06. The molecule has 0 bridgehead atoms. The molecular formula is C25H27N3O3S. The molecule has 3 heterocycles. The standard InChI is InChI=1S/C25H27N3O3S/c1-16(2)13-26-24(29)21-12-23(28(17(21)3)14-20-6-5-11-31-20)22-15-32-25(27-22)18-7-9-19(30-4)10-8-18/h5-12,15-16H,13-14H2,1-4H3,(H,26,29). The maximum Gasteiger partial charge on any atom is 0.253 e. The van der Waals surface area contributed by atoms with Gasteiger partial charge in [0.15, 0.2) is 0 Å². The van der Waals surface area contributed by atoms with Crippen molar-refractivity contribution in [3.8, 4) is 27.7 Å². The van der Waals surface area contributed by atoms with Gasteiger partial charge in [0.25, 0.3) is 5.91 Å². The van der Waals surface area contributed by atoms with Gasteiger partial charge in [-0.3, -0.25) is 4.79 Å². The number of ether oxygens (including phenoxy) is 1. The molecule has 1 N–H and O–H groups in total. The normalized spacial score (nSPS) is 11.2. The number of amides is 1. The molecule has 6 nitrogen and oxygen atoms in total. The topological polar surface area (TPSA) is 69.3 Å². The van der Waals surface area contributed by atoms with E-state index >= 15 is 0 Å². The molecule has 0 unspecified atom stereocenters. The molecule has 0 fully saturated rings. The van der Waals surface area contributed by atoms with Crippen molar-refractivity contribution in [1.29, 1.82) is 0 Å². The van der Waals surface area contributed by atoms with Crippen molar-refractivity contribution in [3.63, 3.8) is 0 Å². The van der Waals surface area contributed by atoms with Crippen molar-refractivity contribution in [3.05, 3.63) is 71.1 Å². The van der Waals surface area contributed by atoms with Gasteiger partial charge in [-0.15, -0.1) is 11.3 Å². The Morgan fingerprint density at radius 2 is 2.03 bits per heavy atom. The summed E-state index contributed by atoms with van der Waals surface area (Å²) in [6.07, 6.45) is 1.66. The Morgan fingerprint density at radius 3 is 2.69 bits per heavy atom. The molecule has 1 amide bonds. The summed E-state index contributed by atoms with van der Waals surface area (Å²) in [6, 6.07) is 13.6. The SMILES string of the molecule is COc1ccc(-c2nc(-c3cc(C(=O)NCC(C)C)c(C)n3Cc3ccco3)cs2)cc1. The van der Waals surface area contributed by atoms with Crippen molar-refractivity contribution in [2.75, 3.05) is 13.7 Å². The first-order valence-electron chi connectivity index (χ1n) is 10.6. The number of furan rings is 1. The number of aromatic nitrogens is 2. The van der Waals surface area contributed by atoms with Gasteiger partial charge >= 0.3 is 0 Å². The molecular weight excluding hydrogens is 422 g/mol. The fourth-order valence-corrected chi connectivity index (χ4v) is 4.32. The average molecular weight is 450 g/mol. The second kappa shape index (κ2) is 9.44. The van der Waals surface area contributed by atoms with Crippen molar-refractivity contribution in [2.45, 2.75) is 27.3 Å². The minimum absolute atomic E-state index is 0.0683. The monoisotopic (exact) mass is 449 g/mol. The minimum atomic E-state index is -0.0683. The summed E-state index contributed by atoms with van der Waals surface area (Å²) in [5.41, 5.74) is 4.30. The van der Waals surface area contributed by atoms with Crippen LogP contribution in [0, 0.1) is 12.8 Å². The van der Waals surface area contributed by atoms with Crippen molar-refractivity contribution in [2.24, 2.45) is 5.92 Å². The van der Waals surface area contributed by atoms with Crippen molar-refractivity contribution >= 4 is 17.2 Å². The summed E-state index contributed by atoms with van der Waals surface area (Å²) in [6.45, 7) is 7.29. The van der Waals surface area contributed by atoms with Crippen LogP contribution in [-0.4, -0.2) is 29.1 Å². The third kappa shape index (κ3) is 4.62. The second-order valence-corrected chi connectivity index (χ2v) is 8.92. The van der Waals surface area contributed by atoms with Crippen LogP contribution >= 0.6 is 11.3 Å². The third-order valence-electron chi connectivity index (χ3n) is 5.28. The van der Waals surface area contributed by atoms with Crippen LogP contribution in [0.3, 0.4) is 0 Å². The molecule has 0 saturated heterocycles. The lowest BCUT2D eigenvalue weighted by Crippen LogP contribution is -2.27. The molecule has 166 valence electrons. The van der Waals surface area contributed by atoms with Crippen LogP contribution in [0.1, 0.15) is 35.7 Å². The molecule has 32 heavy (non-hydrogen) atoms. The predicted molar refractivity (Wildman–Crippen MR) is 127 cm³/mol. The molecule has 0 saturated carbocycles. The Hall–Kier alpha value is -3.32. The molecule has 0 aliphatic heterocycles. The van der Waals surface area contributed by atoms with Gasteiger partial charge in [-0.25, -0.2) is 4.98 Å². The lowest BCUT2D eigenvalue weighted by molar-refractivity contribution is 0.0948. The summed E-state index contributed by atoms with van der Waals surface area (Å²) in [5, 5.41) is 5.97. The van der Waals surface area contributed by atoms with Gasteiger partial charge in [0.1, 0.15) is 16.5 Å². The molecule has 7 heteroatoms. The summed E-state index contributed by atoms with van der Waals surface area (Å²) in [4.78, 5) is 17.8. The Morgan fingerprint density at radius 1 is 1.25 bits per heavy atom. The maximum atomic E-state index is 12.9. The molecule has 0 aliphatic rings. The fraction of sp³-hybridized carbons (Fsp3) is 0.280. The van der Waals surface area contributed by atoms with Gasteiger partial charge in [-0.1, -0.05) is 13.8 Å². The first-order valence-corrected chi connectivity index (χ1v) is 11.4. The largest absolute Gasteiger partial charge is 0.497 e. The number of benzene rings is 1. The van der Waals surface area contributed by atoms with Gasteiger partial charge in [-0.05, 0) is 55.3 Å².